The average molecular weight is 416 g/mol. The summed E-state index contributed by atoms with van der Waals surface area (Å²) in [6, 6.07) is 12.6. The lowest BCUT2D eigenvalue weighted by molar-refractivity contribution is -0.133. The fourth-order valence-electron chi connectivity index (χ4n) is 3.90. The summed E-state index contributed by atoms with van der Waals surface area (Å²) in [6.45, 7) is 0.683. The fraction of sp³-hybridized carbons (Fsp3) is 0.286. The third-order valence-corrected chi connectivity index (χ3v) is 5.67. The molecular weight excluding hydrogens is 397 g/mol. The molecule has 2 aromatic carbocycles. The molecule has 0 saturated carbocycles. The van der Waals surface area contributed by atoms with Crippen molar-refractivity contribution >= 4 is 29.4 Å². The van der Waals surface area contributed by atoms with Crippen molar-refractivity contribution < 1.29 is 18.8 Å². The Kier molecular flexibility index (Phi) is 5.00. The summed E-state index contributed by atoms with van der Waals surface area (Å²) >= 11 is 5.79. The maximum Gasteiger partial charge on any atom is 0.325 e. The average Bonchev–Trinajstić information content (AvgIpc) is 2.94. The number of likely N-dealkylation sites (tertiary alicyclic amines) is 1. The normalized spacial score (nSPS) is 21.6. The van der Waals surface area contributed by atoms with Gasteiger partial charge in [-0.2, -0.15) is 0 Å². The molecule has 0 bridgehead atoms. The van der Waals surface area contributed by atoms with E-state index in [1.54, 1.807) is 0 Å². The van der Waals surface area contributed by atoms with Crippen LogP contribution in [-0.2, 0) is 11.3 Å². The quantitative estimate of drug-likeness (QED) is 0.782. The zero-order valence-electron chi connectivity index (χ0n) is 15.5. The van der Waals surface area contributed by atoms with E-state index in [0.29, 0.717) is 19.4 Å². The number of benzene rings is 2. The van der Waals surface area contributed by atoms with Gasteiger partial charge in [0.15, 0.2) is 0 Å². The van der Waals surface area contributed by atoms with Gasteiger partial charge in [-0.1, -0.05) is 41.9 Å². The number of piperidine rings is 1. The number of carbonyl (C=O) groups is 3. The van der Waals surface area contributed by atoms with Crippen LogP contribution in [0.25, 0.3) is 0 Å². The van der Waals surface area contributed by atoms with Crippen LogP contribution in [0, 0.1) is 5.82 Å². The molecule has 0 aromatic heterocycles. The summed E-state index contributed by atoms with van der Waals surface area (Å²) in [5.41, 5.74) is -0.0482. The summed E-state index contributed by atoms with van der Waals surface area (Å²) < 4.78 is 13.4. The van der Waals surface area contributed by atoms with Gasteiger partial charge in [-0.15, -0.1) is 0 Å². The predicted molar refractivity (Wildman–Crippen MR) is 105 cm³/mol. The highest BCUT2D eigenvalue weighted by atomic mass is 35.5. The van der Waals surface area contributed by atoms with Gasteiger partial charge in [0.05, 0.1) is 18.1 Å². The van der Waals surface area contributed by atoms with Crippen LogP contribution in [0.3, 0.4) is 0 Å². The van der Waals surface area contributed by atoms with E-state index in [0.717, 1.165) is 11.6 Å². The van der Waals surface area contributed by atoms with Crippen LogP contribution >= 0.6 is 11.6 Å². The molecule has 150 valence electrons. The molecule has 0 aliphatic carbocycles. The third-order valence-electron chi connectivity index (χ3n) is 5.38. The first-order valence-corrected chi connectivity index (χ1v) is 9.70. The molecule has 2 fully saturated rings. The van der Waals surface area contributed by atoms with Gasteiger partial charge in [0.1, 0.15) is 11.4 Å². The second-order valence-electron chi connectivity index (χ2n) is 7.35. The fourth-order valence-corrected chi connectivity index (χ4v) is 4.08. The Hall–Kier alpha value is -2.93. The summed E-state index contributed by atoms with van der Waals surface area (Å²) in [6.07, 6.45) is 1.02. The van der Waals surface area contributed by atoms with Crippen molar-refractivity contribution in [1.82, 2.24) is 15.1 Å². The van der Waals surface area contributed by atoms with Crippen molar-refractivity contribution in [3.63, 3.8) is 0 Å². The standard InChI is InChI=1S/C21H19ClFN3O3/c22-16-11-15(7-8-17(16)23)18(27)25-10-4-9-21(13-25)19(28)26(20(29)24-21)12-14-5-2-1-3-6-14/h1-3,5-8,11H,4,9-10,12-13H2,(H,24,29)/t21-/m0/s1. The zero-order chi connectivity index (χ0) is 20.6. The number of urea groups is 1. The third kappa shape index (κ3) is 3.58. The molecule has 0 unspecified atom stereocenters. The maximum absolute atomic E-state index is 13.4. The molecule has 4 rings (SSSR count). The van der Waals surface area contributed by atoms with Crippen molar-refractivity contribution in [3.05, 3.63) is 70.5 Å². The Morgan fingerprint density at radius 3 is 2.66 bits per heavy atom. The first kappa shape index (κ1) is 19.4. The zero-order valence-corrected chi connectivity index (χ0v) is 16.3. The van der Waals surface area contributed by atoms with Gasteiger partial charge in [0.2, 0.25) is 0 Å². The Labute approximate surface area is 172 Å². The van der Waals surface area contributed by atoms with Gasteiger partial charge in [-0.3, -0.25) is 14.5 Å². The number of rotatable bonds is 3. The van der Waals surface area contributed by atoms with Crippen LogP contribution in [0.1, 0.15) is 28.8 Å². The molecule has 2 saturated heterocycles. The molecular formula is C21H19ClFN3O3. The minimum atomic E-state index is -1.14. The van der Waals surface area contributed by atoms with E-state index in [4.69, 9.17) is 11.6 Å². The first-order chi connectivity index (χ1) is 13.9. The number of carbonyl (C=O) groups excluding carboxylic acids is 3. The second-order valence-corrected chi connectivity index (χ2v) is 7.76. The molecule has 2 aliphatic heterocycles. The van der Waals surface area contributed by atoms with E-state index in [-0.39, 0.29) is 35.5 Å². The van der Waals surface area contributed by atoms with Crippen LogP contribution in [0.2, 0.25) is 5.02 Å². The number of nitrogens with zero attached hydrogens (tertiary/aromatic N) is 2. The summed E-state index contributed by atoms with van der Waals surface area (Å²) in [7, 11) is 0. The van der Waals surface area contributed by atoms with Crippen LogP contribution in [0.5, 0.6) is 0 Å². The molecule has 2 heterocycles. The lowest BCUT2D eigenvalue weighted by Gasteiger charge is -2.38. The minimum absolute atomic E-state index is 0.0662. The molecule has 1 N–H and O–H groups in total. The minimum Gasteiger partial charge on any atom is -0.336 e. The van der Waals surface area contributed by atoms with E-state index in [2.05, 4.69) is 5.32 Å². The van der Waals surface area contributed by atoms with Gasteiger partial charge in [0.25, 0.3) is 11.8 Å². The first-order valence-electron chi connectivity index (χ1n) is 9.32. The highest BCUT2D eigenvalue weighted by Gasteiger charge is 2.53. The number of hydrogen-bond donors (Lipinski definition) is 1. The number of imide groups is 1. The van der Waals surface area contributed by atoms with E-state index >= 15 is 0 Å². The topological polar surface area (TPSA) is 69.7 Å². The Balaban J connectivity index is 1.53. The van der Waals surface area contributed by atoms with Gasteiger partial charge in [-0.25, -0.2) is 9.18 Å². The SMILES string of the molecule is O=C(c1ccc(F)c(Cl)c1)N1CCC[C@@]2(C1)NC(=O)N(Cc1ccccc1)C2=O. The monoisotopic (exact) mass is 415 g/mol. The summed E-state index contributed by atoms with van der Waals surface area (Å²) in [5.74, 6) is -1.29. The molecule has 1 atom stereocenters. The van der Waals surface area contributed by atoms with Crippen LogP contribution in [0.15, 0.2) is 48.5 Å². The van der Waals surface area contributed by atoms with Gasteiger partial charge in [0, 0.05) is 12.1 Å². The molecule has 2 aliphatic rings. The molecule has 0 radical (unpaired) electrons. The van der Waals surface area contributed by atoms with Crippen molar-refractivity contribution in [2.24, 2.45) is 0 Å². The lowest BCUT2D eigenvalue weighted by Crippen LogP contribution is -2.59. The maximum atomic E-state index is 13.4. The van der Waals surface area contributed by atoms with E-state index in [9.17, 15) is 18.8 Å². The van der Waals surface area contributed by atoms with E-state index in [1.165, 1.54) is 21.9 Å². The highest BCUT2D eigenvalue weighted by molar-refractivity contribution is 6.31. The molecule has 2 aromatic rings. The number of nitrogens with one attached hydrogen (secondary N) is 1. The molecule has 4 amide bonds. The Morgan fingerprint density at radius 1 is 1.17 bits per heavy atom. The van der Waals surface area contributed by atoms with Crippen molar-refractivity contribution in [2.75, 3.05) is 13.1 Å². The highest BCUT2D eigenvalue weighted by Crippen LogP contribution is 2.30. The Morgan fingerprint density at radius 2 is 1.93 bits per heavy atom. The summed E-state index contributed by atoms with van der Waals surface area (Å²) in [5, 5.41) is 2.67. The largest absolute Gasteiger partial charge is 0.336 e. The van der Waals surface area contributed by atoms with Crippen LogP contribution < -0.4 is 5.32 Å². The smallest absolute Gasteiger partial charge is 0.325 e. The number of halogens is 2. The number of amides is 4. The molecule has 29 heavy (non-hydrogen) atoms. The molecule has 6 nitrogen and oxygen atoms in total. The van der Waals surface area contributed by atoms with Crippen molar-refractivity contribution in [1.29, 1.82) is 0 Å². The van der Waals surface area contributed by atoms with Gasteiger partial charge < -0.3 is 10.2 Å². The second kappa shape index (κ2) is 7.48. The van der Waals surface area contributed by atoms with Crippen LogP contribution in [0.4, 0.5) is 9.18 Å². The van der Waals surface area contributed by atoms with Crippen LogP contribution in [-0.4, -0.2) is 46.3 Å². The van der Waals surface area contributed by atoms with Crippen molar-refractivity contribution in [2.45, 2.75) is 24.9 Å². The van der Waals surface area contributed by atoms with E-state index in [1.807, 2.05) is 30.3 Å². The Bertz CT molecular complexity index is 984. The van der Waals surface area contributed by atoms with Gasteiger partial charge in [-0.05, 0) is 36.6 Å². The predicted octanol–water partition coefficient (Wildman–Crippen LogP) is 3.21. The molecule has 1 spiro atoms. The lowest BCUT2D eigenvalue weighted by atomic mass is 9.88. The number of hydrogen-bond acceptors (Lipinski definition) is 3. The van der Waals surface area contributed by atoms with Gasteiger partial charge >= 0.3 is 6.03 Å². The summed E-state index contributed by atoms with van der Waals surface area (Å²) in [4.78, 5) is 41.2. The van der Waals surface area contributed by atoms with Crippen molar-refractivity contribution in [3.8, 4) is 0 Å². The van der Waals surface area contributed by atoms with E-state index < -0.39 is 17.4 Å². The molecule has 8 heteroatoms.